The van der Waals surface area contributed by atoms with Crippen molar-refractivity contribution in [1.29, 1.82) is 0 Å². The average molecular weight is 474 g/mol. The summed E-state index contributed by atoms with van der Waals surface area (Å²) in [5.74, 6) is -0.290. The first-order chi connectivity index (χ1) is 15.4. The molecule has 0 aliphatic carbocycles. The predicted octanol–water partition coefficient (Wildman–Crippen LogP) is 3.18. The Balaban J connectivity index is 1.55. The Hall–Kier alpha value is -2.36. The maximum atomic E-state index is 13.1. The summed E-state index contributed by atoms with van der Waals surface area (Å²) in [6.45, 7) is 2.75. The third-order valence-corrected chi connectivity index (χ3v) is 8.75. The van der Waals surface area contributed by atoms with Crippen LogP contribution in [-0.2, 0) is 19.6 Å². The fourth-order valence-electron chi connectivity index (χ4n) is 4.03. The van der Waals surface area contributed by atoms with Crippen molar-refractivity contribution in [2.24, 2.45) is 0 Å². The monoisotopic (exact) mass is 473 g/mol. The molecule has 2 amide bonds. The molecule has 1 fully saturated rings. The number of rotatable bonds is 6. The van der Waals surface area contributed by atoms with E-state index in [1.807, 2.05) is 37.3 Å². The molecule has 1 N–H and O–H groups in total. The second kappa shape index (κ2) is 9.64. The highest BCUT2D eigenvalue weighted by Gasteiger charge is 2.31. The number of fused-ring (bicyclic) bond motifs is 1. The quantitative estimate of drug-likeness (QED) is 0.696. The van der Waals surface area contributed by atoms with E-state index in [-0.39, 0.29) is 35.0 Å². The highest BCUT2D eigenvalue weighted by Crippen LogP contribution is 2.37. The first kappa shape index (κ1) is 22.8. The lowest BCUT2D eigenvalue weighted by Gasteiger charge is -2.30. The molecule has 0 bridgehead atoms. The molecule has 9 heteroatoms. The SMILES string of the molecule is C[C@@H](NC(=O)CN1C(=O)CSc2ccc(S(=O)(=O)N3CCCCC3)cc21)c1ccccc1. The van der Waals surface area contributed by atoms with Crippen LogP contribution in [0.5, 0.6) is 0 Å². The average Bonchev–Trinajstić information content (AvgIpc) is 2.81. The van der Waals surface area contributed by atoms with Gasteiger partial charge in [0.15, 0.2) is 0 Å². The predicted molar refractivity (Wildman–Crippen MR) is 125 cm³/mol. The van der Waals surface area contributed by atoms with Gasteiger partial charge in [-0.2, -0.15) is 4.31 Å². The number of sulfonamides is 1. The second-order valence-electron chi connectivity index (χ2n) is 8.06. The van der Waals surface area contributed by atoms with Gasteiger partial charge in [-0.25, -0.2) is 8.42 Å². The number of nitrogens with one attached hydrogen (secondary N) is 1. The first-order valence-electron chi connectivity index (χ1n) is 10.8. The molecule has 0 spiro atoms. The minimum absolute atomic E-state index is 0.156. The number of hydrogen-bond acceptors (Lipinski definition) is 5. The maximum absolute atomic E-state index is 13.1. The Kier molecular flexibility index (Phi) is 6.88. The largest absolute Gasteiger partial charge is 0.348 e. The minimum atomic E-state index is -3.63. The number of amides is 2. The van der Waals surface area contributed by atoms with Gasteiger partial charge in [0.05, 0.1) is 22.4 Å². The fraction of sp³-hybridized carbons (Fsp3) is 0.391. The van der Waals surface area contributed by atoms with E-state index in [2.05, 4.69) is 5.32 Å². The fourth-order valence-corrected chi connectivity index (χ4v) is 6.48. The standard InChI is InChI=1S/C23H27N3O4S2/c1-17(18-8-4-2-5-9-18)24-22(27)15-26-20-14-19(10-11-21(20)31-16-23(26)28)32(29,30)25-12-6-3-7-13-25/h2,4-5,8-11,14,17H,3,6-7,12-13,15-16H2,1H3,(H,24,27)/t17-/m1/s1. The van der Waals surface area contributed by atoms with E-state index in [1.54, 1.807) is 12.1 Å². The van der Waals surface area contributed by atoms with Crippen molar-refractivity contribution in [2.45, 2.75) is 42.0 Å². The molecule has 2 heterocycles. The number of carbonyl (C=O) groups excluding carboxylic acids is 2. The molecule has 2 aliphatic heterocycles. The summed E-state index contributed by atoms with van der Waals surface area (Å²) >= 11 is 1.36. The van der Waals surface area contributed by atoms with Gasteiger partial charge < -0.3 is 10.2 Å². The van der Waals surface area contributed by atoms with Crippen LogP contribution < -0.4 is 10.2 Å². The van der Waals surface area contributed by atoms with Crippen LogP contribution >= 0.6 is 11.8 Å². The van der Waals surface area contributed by atoms with Crippen LogP contribution in [-0.4, -0.2) is 49.9 Å². The van der Waals surface area contributed by atoms with Crippen molar-refractivity contribution >= 4 is 39.3 Å². The molecule has 2 aromatic rings. The van der Waals surface area contributed by atoms with Gasteiger partial charge in [-0.3, -0.25) is 9.59 Å². The lowest BCUT2D eigenvalue weighted by atomic mass is 10.1. The zero-order valence-electron chi connectivity index (χ0n) is 18.0. The van der Waals surface area contributed by atoms with Gasteiger partial charge in [0.1, 0.15) is 6.54 Å². The van der Waals surface area contributed by atoms with Gasteiger partial charge in [0.2, 0.25) is 21.8 Å². The van der Waals surface area contributed by atoms with Gasteiger partial charge in [-0.05, 0) is 43.5 Å². The summed E-state index contributed by atoms with van der Waals surface area (Å²) < 4.78 is 27.8. The van der Waals surface area contributed by atoms with Crippen LogP contribution in [0.1, 0.15) is 37.8 Å². The zero-order chi connectivity index (χ0) is 22.7. The third-order valence-electron chi connectivity index (χ3n) is 5.80. The van der Waals surface area contributed by atoms with Crippen molar-refractivity contribution in [3.63, 3.8) is 0 Å². The molecule has 1 saturated heterocycles. The highest BCUT2D eigenvalue weighted by molar-refractivity contribution is 8.00. The van der Waals surface area contributed by atoms with Crippen molar-refractivity contribution in [3.05, 3.63) is 54.1 Å². The van der Waals surface area contributed by atoms with E-state index in [4.69, 9.17) is 0 Å². The van der Waals surface area contributed by atoms with Crippen LogP contribution in [0, 0.1) is 0 Å². The van der Waals surface area contributed by atoms with Gasteiger partial charge in [-0.1, -0.05) is 36.8 Å². The Morgan fingerprint density at radius 2 is 1.81 bits per heavy atom. The lowest BCUT2D eigenvalue weighted by molar-refractivity contribution is -0.123. The number of anilines is 1. The smallest absolute Gasteiger partial charge is 0.243 e. The molecule has 0 radical (unpaired) electrons. The van der Waals surface area contributed by atoms with Crippen LogP contribution in [0.15, 0.2) is 58.3 Å². The summed E-state index contributed by atoms with van der Waals surface area (Å²) in [5, 5.41) is 2.93. The van der Waals surface area contributed by atoms with E-state index >= 15 is 0 Å². The van der Waals surface area contributed by atoms with E-state index in [9.17, 15) is 18.0 Å². The minimum Gasteiger partial charge on any atom is -0.348 e. The Bertz CT molecular complexity index is 1100. The molecule has 170 valence electrons. The molecular formula is C23H27N3O4S2. The van der Waals surface area contributed by atoms with Crippen LogP contribution in [0.3, 0.4) is 0 Å². The zero-order valence-corrected chi connectivity index (χ0v) is 19.6. The molecule has 0 saturated carbocycles. The second-order valence-corrected chi connectivity index (χ2v) is 11.0. The number of benzene rings is 2. The highest BCUT2D eigenvalue weighted by atomic mass is 32.2. The Labute approximate surface area is 193 Å². The Morgan fingerprint density at radius 1 is 1.09 bits per heavy atom. The summed E-state index contributed by atoms with van der Waals surface area (Å²) in [6.07, 6.45) is 2.74. The van der Waals surface area contributed by atoms with Gasteiger partial charge >= 0.3 is 0 Å². The number of nitrogens with zero attached hydrogens (tertiary/aromatic N) is 2. The molecule has 2 aromatic carbocycles. The van der Waals surface area contributed by atoms with Crippen LogP contribution in [0.2, 0.25) is 0 Å². The topological polar surface area (TPSA) is 86.8 Å². The first-order valence-corrected chi connectivity index (χ1v) is 13.2. The van der Waals surface area contributed by atoms with E-state index in [0.29, 0.717) is 18.8 Å². The molecule has 4 rings (SSSR count). The van der Waals surface area contributed by atoms with Crippen molar-refractivity contribution in [3.8, 4) is 0 Å². The van der Waals surface area contributed by atoms with Gasteiger partial charge in [0.25, 0.3) is 0 Å². The number of thioether (sulfide) groups is 1. The molecule has 7 nitrogen and oxygen atoms in total. The van der Waals surface area contributed by atoms with Crippen LogP contribution in [0.25, 0.3) is 0 Å². The summed E-state index contributed by atoms with van der Waals surface area (Å²) in [5.41, 5.74) is 1.45. The molecular weight excluding hydrogens is 446 g/mol. The maximum Gasteiger partial charge on any atom is 0.243 e. The van der Waals surface area contributed by atoms with Crippen molar-refractivity contribution in [1.82, 2.24) is 9.62 Å². The van der Waals surface area contributed by atoms with Crippen molar-refractivity contribution in [2.75, 3.05) is 30.3 Å². The van der Waals surface area contributed by atoms with Crippen LogP contribution in [0.4, 0.5) is 5.69 Å². The summed E-state index contributed by atoms with van der Waals surface area (Å²) in [4.78, 5) is 27.8. The van der Waals surface area contributed by atoms with E-state index in [0.717, 1.165) is 29.7 Å². The van der Waals surface area contributed by atoms with E-state index in [1.165, 1.54) is 27.0 Å². The lowest BCUT2D eigenvalue weighted by Crippen LogP contribution is -2.44. The molecule has 0 unspecified atom stereocenters. The Morgan fingerprint density at radius 3 is 2.53 bits per heavy atom. The molecule has 2 aliphatic rings. The normalized spacial score (nSPS) is 18.2. The third kappa shape index (κ3) is 4.84. The van der Waals surface area contributed by atoms with Gasteiger partial charge in [0, 0.05) is 18.0 Å². The van der Waals surface area contributed by atoms with E-state index < -0.39 is 10.0 Å². The number of piperidine rings is 1. The summed E-state index contributed by atoms with van der Waals surface area (Å²) in [6, 6.07) is 14.3. The number of hydrogen-bond donors (Lipinski definition) is 1. The molecule has 0 aromatic heterocycles. The number of carbonyl (C=O) groups is 2. The van der Waals surface area contributed by atoms with Crippen molar-refractivity contribution < 1.29 is 18.0 Å². The molecule has 32 heavy (non-hydrogen) atoms. The van der Waals surface area contributed by atoms with Gasteiger partial charge in [-0.15, -0.1) is 11.8 Å². The summed E-state index contributed by atoms with van der Waals surface area (Å²) in [7, 11) is -3.63. The molecule has 1 atom stereocenters.